The molecule has 0 unspecified atom stereocenters. The number of aliphatic hydroxyl groups is 1. The molecule has 3 nitrogen and oxygen atoms in total. The zero-order chi connectivity index (χ0) is 20.1. The minimum atomic E-state index is -0.851. The fraction of sp³-hybridized carbons (Fsp3) is 0.538. The first-order valence-corrected chi connectivity index (χ1v) is 11.3. The molecule has 0 bridgehead atoms. The smallest absolute Gasteiger partial charge is 0.116 e. The summed E-state index contributed by atoms with van der Waals surface area (Å²) in [5, 5.41) is 11.7. The van der Waals surface area contributed by atoms with Crippen molar-refractivity contribution in [2.75, 3.05) is 19.7 Å². The maximum absolute atomic E-state index is 11.7. The summed E-state index contributed by atoms with van der Waals surface area (Å²) in [5.41, 5.74) is 2.89. The van der Waals surface area contributed by atoms with Gasteiger partial charge in [-0.25, -0.2) is 0 Å². The summed E-state index contributed by atoms with van der Waals surface area (Å²) in [7, 11) is 0. The van der Waals surface area contributed by atoms with Crippen molar-refractivity contribution in [3.05, 3.63) is 71.3 Å². The van der Waals surface area contributed by atoms with E-state index in [0.717, 1.165) is 50.9 Å². The zero-order valence-corrected chi connectivity index (χ0v) is 17.7. The van der Waals surface area contributed by atoms with E-state index >= 15 is 0 Å². The molecule has 1 N–H and O–H groups in total. The lowest BCUT2D eigenvalue weighted by molar-refractivity contribution is -0.118. The summed E-state index contributed by atoms with van der Waals surface area (Å²) in [6.45, 7) is 5.72. The Balaban J connectivity index is 1.32. The van der Waals surface area contributed by atoms with Gasteiger partial charge in [0.15, 0.2) is 0 Å². The van der Waals surface area contributed by atoms with Crippen LogP contribution in [-0.4, -0.2) is 35.8 Å². The van der Waals surface area contributed by atoms with E-state index in [4.69, 9.17) is 4.74 Å². The second-order valence-corrected chi connectivity index (χ2v) is 9.05. The van der Waals surface area contributed by atoms with Crippen LogP contribution in [0.25, 0.3) is 0 Å². The molecule has 0 aromatic heterocycles. The van der Waals surface area contributed by atoms with Crippen molar-refractivity contribution < 1.29 is 9.84 Å². The first kappa shape index (κ1) is 20.6. The molecule has 1 atom stereocenters. The number of likely N-dealkylation sites (tertiary alicyclic amines) is 1. The fourth-order valence-corrected chi connectivity index (χ4v) is 5.11. The molecule has 3 heteroatoms. The molecule has 4 rings (SSSR count). The highest BCUT2D eigenvalue weighted by Crippen LogP contribution is 2.41. The van der Waals surface area contributed by atoms with Crippen molar-refractivity contribution in [2.45, 2.75) is 63.7 Å². The number of rotatable bonds is 7. The Labute approximate surface area is 175 Å². The molecule has 156 valence electrons. The maximum Gasteiger partial charge on any atom is 0.116 e. The number of nitrogens with zero attached hydrogens (tertiary/aromatic N) is 1. The highest BCUT2D eigenvalue weighted by Gasteiger charge is 2.40. The average molecular weight is 394 g/mol. The van der Waals surface area contributed by atoms with Crippen molar-refractivity contribution in [2.24, 2.45) is 5.92 Å². The van der Waals surface area contributed by atoms with Gasteiger partial charge in [-0.2, -0.15) is 0 Å². The van der Waals surface area contributed by atoms with E-state index in [2.05, 4.69) is 48.2 Å². The van der Waals surface area contributed by atoms with Crippen molar-refractivity contribution in [1.82, 2.24) is 4.90 Å². The van der Waals surface area contributed by atoms with Gasteiger partial charge in [-0.05, 0) is 49.7 Å². The molecule has 2 aliphatic rings. The molecular formula is C26H35NO2. The third-order valence-electron chi connectivity index (χ3n) is 6.87. The van der Waals surface area contributed by atoms with Gasteiger partial charge in [-0.15, -0.1) is 0 Å². The minimum Gasteiger partial charge on any atom is -0.382 e. The lowest BCUT2D eigenvalue weighted by Crippen LogP contribution is -2.42. The highest BCUT2D eigenvalue weighted by atomic mass is 16.5. The van der Waals surface area contributed by atoms with Crippen molar-refractivity contribution >= 4 is 0 Å². The summed E-state index contributed by atoms with van der Waals surface area (Å²) in [6, 6.07) is 19.0. The summed E-state index contributed by atoms with van der Waals surface area (Å²) < 4.78 is 6.36. The average Bonchev–Trinajstić information content (AvgIpc) is 3.29. The van der Waals surface area contributed by atoms with E-state index in [1.165, 1.54) is 24.0 Å². The van der Waals surface area contributed by atoms with Gasteiger partial charge in [0.2, 0.25) is 0 Å². The molecule has 1 aliphatic carbocycles. The van der Waals surface area contributed by atoms with Crippen LogP contribution in [0.3, 0.4) is 0 Å². The summed E-state index contributed by atoms with van der Waals surface area (Å²) in [4.78, 5) is 2.52. The predicted molar refractivity (Wildman–Crippen MR) is 118 cm³/mol. The molecule has 1 heterocycles. The molecule has 0 amide bonds. The van der Waals surface area contributed by atoms with Gasteiger partial charge in [0.1, 0.15) is 5.60 Å². The lowest BCUT2D eigenvalue weighted by atomic mass is 9.80. The first-order chi connectivity index (χ1) is 14.1. The Bertz CT molecular complexity index is 763. The molecule has 2 fully saturated rings. The predicted octanol–water partition coefficient (Wildman–Crippen LogP) is 5.05. The topological polar surface area (TPSA) is 32.7 Å². The zero-order valence-electron chi connectivity index (χ0n) is 17.7. The Morgan fingerprint density at radius 2 is 1.69 bits per heavy atom. The third-order valence-corrected chi connectivity index (χ3v) is 6.87. The highest BCUT2D eigenvalue weighted by molar-refractivity contribution is 5.24. The van der Waals surface area contributed by atoms with E-state index in [1.54, 1.807) is 0 Å². The van der Waals surface area contributed by atoms with Crippen LogP contribution >= 0.6 is 0 Å². The summed E-state index contributed by atoms with van der Waals surface area (Å²) >= 11 is 0. The van der Waals surface area contributed by atoms with Crippen molar-refractivity contribution in [1.29, 1.82) is 0 Å². The molecule has 0 radical (unpaired) electrons. The van der Waals surface area contributed by atoms with E-state index in [-0.39, 0.29) is 6.10 Å². The van der Waals surface area contributed by atoms with Gasteiger partial charge < -0.3 is 9.84 Å². The lowest BCUT2D eigenvalue weighted by Gasteiger charge is -2.38. The SMILES string of the molecule is Cc1cccc(CN2CCC(OC[C@](O)(c3ccccc3)C3CCCC3)CC2)c1. The normalized spacial score (nSPS) is 21.3. The van der Waals surface area contributed by atoms with Crippen LogP contribution in [-0.2, 0) is 16.9 Å². The van der Waals surface area contributed by atoms with Gasteiger partial charge in [-0.3, -0.25) is 4.90 Å². The van der Waals surface area contributed by atoms with Crippen LogP contribution in [0.5, 0.6) is 0 Å². The third kappa shape index (κ3) is 5.09. The molecule has 2 aromatic carbocycles. The van der Waals surface area contributed by atoms with E-state index in [0.29, 0.717) is 12.5 Å². The first-order valence-electron chi connectivity index (χ1n) is 11.3. The minimum absolute atomic E-state index is 0.250. The summed E-state index contributed by atoms with van der Waals surface area (Å²) in [5.74, 6) is 0.311. The Morgan fingerprint density at radius 3 is 2.38 bits per heavy atom. The van der Waals surface area contributed by atoms with Gasteiger partial charge in [0, 0.05) is 19.6 Å². The number of hydrogen-bond donors (Lipinski definition) is 1. The Hall–Kier alpha value is -1.68. The summed E-state index contributed by atoms with van der Waals surface area (Å²) in [6.07, 6.45) is 6.98. The van der Waals surface area contributed by atoms with E-state index in [9.17, 15) is 5.11 Å². The van der Waals surface area contributed by atoms with Crippen LogP contribution in [0.4, 0.5) is 0 Å². The molecule has 0 spiro atoms. The van der Waals surface area contributed by atoms with Crippen LogP contribution in [0, 0.1) is 12.8 Å². The monoisotopic (exact) mass is 393 g/mol. The van der Waals surface area contributed by atoms with Gasteiger partial charge in [0.25, 0.3) is 0 Å². The number of aryl methyl sites for hydroxylation is 1. The quantitative estimate of drug-likeness (QED) is 0.714. The maximum atomic E-state index is 11.7. The van der Waals surface area contributed by atoms with E-state index in [1.807, 2.05) is 18.2 Å². The molecule has 29 heavy (non-hydrogen) atoms. The van der Waals surface area contributed by atoms with Crippen LogP contribution in [0.1, 0.15) is 55.2 Å². The molecular weight excluding hydrogens is 358 g/mol. The molecule has 2 aromatic rings. The molecule has 1 aliphatic heterocycles. The number of benzene rings is 2. The fourth-order valence-electron chi connectivity index (χ4n) is 5.11. The van der Waals surface area contributed by atoms with Crippen LogP contribution in [0.15, 0.2) is 54.6 Å². The van der Waals surface area contributed by atoms with Crippen molar-refractivity contribution in [3.8, 4) is 0 Å². The van der Waals surface area contributed by atoms with Gasteiger partial charge >= 0.3 is 0 Å². The number of piperidine rings is 1. The molecule has 1 saturated carbocycles. The second-order valence-electron chi connectivity index (χ2n) is 9.05. The largest absolute Gasteiger partial charge is 0.382 e. The number of hydrogen-bond acceptors (Lipinski definition) is 3. The van der Waals surface area contributed by atoms with Crippen LogP contribution in [0.2, 0.25) is 0 Å². The molecule has 1 saturated heterocycles. The second kappa shape index (κ2) is 9.42. The van der Waals surface area contributed by atoms with Gasteiger partial charge in [-0.1, -0.05) is 73.0 Å². The van der Waals surface area contributed by atoms with E-state index < -0.39 is 5.60 Å². The Morgan fingerprint density at radius 1 is 0.966 bits per heavy atom. The number of ether oxygens (including phenoxy) is 1. The van der Waals surface area contributed by atoms with Crippen LogP contribution < -0.4 is 0 Å². The van der Waals surface area contributed by atoms with Gasteiger partial charge in [0.05, 0.1) is 12.7 Å². The van der Waals surface area contributed by atoms with Crippen molar-refractivity contribution in [3.63, 3.8) is 0 Å². The standard InChI is InChI=1S/C26H35NO2/c1-21-8-7-9-22(18-21)19-27-16-14-25(15-17-27)29-20-26(28,24-12-5-6-13-24)23-10-3-2-4-11-23/h2-4,7-11,18,24-25,28H,5-6,12-17,19-20H2,1H3/t26-/m0/s1. The Kier molecular flexibility index (Phi) is 6.69.